The second-order valence-corrected chi connectivity index (χ2v) is 4.76. The lowest BCUT2D eigenvalue weighted by atomic mass is 10.3. The average molecular weight is 324 g/mol. The first-order chi connectivity index (χ1) is 11.6. The maximum atomic E-state index is 11.8. The van der Waals surface area contributed by atoms with Gasteiger partial charge in [0.15, 0.2) is 0 Å². The van der Waals surface area contributed by atoms with Crippen molar-refractivity contribution in [2.45, 2.75) is 0 Å². The molecular weight excluding hydrogens is 312 g/mol. The van der Waals surface area contributed by atoms with Crippen LogP contribution in [0.2, 0.25) is 0 Å². The lowest BCUT2D eigenvalue weighted by Gasteiger charge is -2.07. The molecule has 0 atom stereocenters. The van der Waals surface area contributed by atoms with Gasteiger partial charge in [0.1, 0.15) is 11.6 Å². The normalized spacial score (nSPS) is 10.2. The zero-order valence-electron chi connectivity index (χ0n) is 12.3. The standard InChI is InChI=1S/C16H12N4O4/c21-16(24-14-6-4-13(5-7-14)20(22)23)18-12-3-8-15(17-11-12)19-9-1-2-10-19/h1-11H,(H,18,21). The number of hydrogen-bond acceptors (Lipinski definition) is 5. The molecule has 1 amide bonds. The fourth-order valence-electron chi connectivity index (χ4n) is 1.99. The molecule has 0 fully saturated rings. The van der Waals surface area contributed by atoms with Gasteiger partial charge < -0.3 is 9.30 Å². The summed E-state index contributed by atoms with van der Waals surface area (Å²) in [5.41, 5.74) is 0.394. The van der Waals surface area contributed by atoms with Gasteiger partial charge in [-0.1, -0.05) is 0 Å². The first-order valence-electron chi connectivity index (χ1n) is 6.94. The Balaban J connectivity index is 1.61. The minimum absolute atomic E-state index is 0.0763. The van der Waals surface area contributed by atoms with Crippen LogP contribution in [0.25, 0.3) is 5.82 Å². The highest BCUT2D eigenvalue weighted by Crippen LogP contribution is 2.18. The fraction of sp³-hybridized carbons (Fsp3) is 0. The van der Waals surface area contributed by atoms with Gasteiger partial charge in [0.2, 0.25) is 0 Å². The maximum absolute atomic E-state index is 11.8. The van der Waals surface area contributed by atoms with Gasteiger partial charge in [-0.3, -0.25) is 15.4 Å². The van der Waals surface area contributed by atoms with Crippen molar-refractivity contribution < 1.29 is 14.5 Å². The molecule has 0 bridgehead atoms. The van der Waals surface area contributed by atoms with E-state index in [0.717, 1.165) is 0 Å². The van der Waals surface area contributed by atoms with E-state index < -0.39 is 11.0 Å². The molecule has 0 aliphatic carbocycles. The van der Waals surface area contributed by atoms with Crippen molar-refractivity contribution in [3.8, 4) is 11.6 Å². The smallest absolute Gasteiger partial charge is 0.410 e. The van der Waals surface area contributed by atoms with Crippen LogP contribution in [0.15, 0.2) is 67.1 Å². The number of pyridine rings is 1. The second-order valence-electron chi connectivity index (χ2n) is 4.76. The minimum Gasteiger partial charge on any atom is -0.410 e. The number of nitro benzene ring substituents is 1. The van der Waals surface area contributed by atoms with E-state index >= 15 is 0 Å². The van der Waals surface area contributed by atoms with Gasteiger partial charge in [0.25, 0.3) is 5.69 Å². The molecule has 3 aromatic rings. The summed E-state index contributed by atoms with van der Waals surface area (Å²) in [5.74, 6) is 0.921. The van der Waals surface area contributed by atoms with Crippen LogP contribution in [-0.2, 0) is 0 Å². The summed E-state index contributed by atoms with van der Waals surface area (Å²) in [7, 11) is 0. The topological polar surface area (TPSA) is 99.3 Å². The molecule has 0 saturated heterocycles. The molecule has 2 aromatic heterocycles. The number of carbonyl (C=O) groups is 1. The van der Waals surface area contributed by atoms with Gasteiger partial charge in [-0.25, -0.2) is 9.78 Å². The lowest BCUT2D eigenvalue weighted by molar-refractivity contribution is -0.384. The van der Waals surface area contributed by atoms with E-state index in [9.17, 15) is 14.9 Å². The zero-order chi connectivity index (χ0) is 16.9. The molecule has 0 spiro atoms. The third kappa shape index (κ3) is 3.55. The van der Waals surface area contributed by atoms with E-state index in [1.165, 1.54) is 30.5 Å². The maximum Gasteiger partial charge on any atom is 0.417 e. The first-order valence-corrected chi connectivity index (χ1v) is 6.94. The van der Waals surface area contributed by atoms with Crippen molar-refractivity contribution in [2.24, 2.45) is 0 Å². The predicted molar refractivity (Wildman–Crippen MR) is 86.3 cm³/mol. The molecule has 1 aromatic carbocycles. The van der Waals surface area contributed by atoms with Gasteiger partial charge in [0, 0.05) is 24.5 Å². The van der Waals surface area contributed by atoms with E-state index in [2.05, 4.69) is 10.3 Å². The molecular formula is C16H12N4O4. The summed E-state index contributed by atoms with van der Waals surface area (Å²) in [6.45, 7) is 0. The monoisotopic (exact) mass is 324 g/mol. The van der Waals surface area contributed by atoms with Crippen LogP contribution < -0.4 is 10.1 Å². The van der Waals surface area contributed by atoms with Gasteiger partial charge in [-0.05, 0) is 36.4 Å². The molecule has 2 heterocycles. The zero-order valence-corrected chi connectivity index (χ0v) is 12.3. The Labute approximate surface area is 136 Å². The van der Waals surface area contributed by atoms with Crippen LogP contribution in [0.5, 0.6) is 5.75 Å². The summed E-state index contributed by atoms with van der Waals surface area (Å²) in [6, 6.07) is 12.4. The average Bonchev–Trinajstić information content (AvgIpc) is 3.10. The van der Waals surface area contributed by atoms with E-state index in [-0.39, 0.29) is 11.4 Å². The Hall–Kier alpha value is -3.68. The number of rotatable bonds is 4. The Kier molecular flexibility index (Phi) is 4.19. The highest BCUT2D eigenvalue weighted by molar-refractivity contribution is 5.86. The summed E-state index contributed by atoms with van der Waals surface area (Å²) in [6.07, 6.45) is 4.52. The van der Waals surface area contributed by atoms with E-state index in [1.807, 2.05) is 29.1 Å². The number of carbonyl (C=O) groups excluding carboxylic acids is 1. The molecule has 0 unspecified atom stereocenters. The number of amides is 1. The van der Waals surface area contributed by atoms with Gasteiger partial charge in [-0.2, -0.15) is 0 Å². The molecule has 0 saturated carbocycles. The van der Waals surface area contributed by atoms with E-state index in [1.54, 1.807) is 12.1 Å². The van der Waals surface area contributed by atoms with Crippen LogP contribution in [0.1, 0.15) is 0 Å². The number of nitrogens with one attached hydrogen (secondary N) is 1. The van der Waals surface area contributed by atoms with Crippen molar-refractivity contribution >= 4 is 17.5 Å². The number of non-ortho nitro benzene ring substituents is 1. The molecule has 8 nitrogen and oxygen atoms in total. The lowest BCUT2D eigenvalue weighted by Crippen LogP contribution is -2.16. The molecule has 0 aliphatic heterocycles. The number of anilines is 1. The fourth-order valence-corrected chi connectivity index (χ4v) is 1.99. The summed E-state index contributed by atoms with van der Waals surface area (Å²) in [4.78, 5) is 26.1. The predicted octanol–water partition coefficient (Wildman–Crippen LogP) is 3.39. The quantitative estimate of drug-likeness (QED) is 0.586. The first kappa shape index (κ1) is 15.2. The van der Waals surface area contributed by atoms with Crippen LogP contribution in [0.4, 0.5) is 16.2 Å². The van der Waals surface area contributed by atoms with E-state index in [0.29, 0.717) is 11.5 Å². The van der Waals surface area contributed by atoms with Crippen molar-refractivity contribution in [1.29, 1.82) is 0 Å². The summed E-state index contributed by atoms with van der Waals surface area (Å²) >= 11 is 0. The summed E-state index contributed by atoms with van der Waals surface area (Å²) < 4.78 is 6.88. The van der Waals surface area contributed by atoms with Gasteiger partial charge >= 0.3 is 6.09 Å². The van der Waals surface area contributed by atoms with Crippen molar-refractivity contribution in [3.05, 3.63) is 77.2 Å². The second kappa shape index (κ2) is 6.61. The molecule has 24 heavy (non-hydrogen) atoms. The number of benzene rings is 1. The number of aromatic nitrogens is 2. The Morgan fingerprint density at radius 2 is 1.83 bits per heavy atom. The van der Waals surface area contributed by atoms with E-state index in [4.69, 9.17) is 4.74 Å². The Morgan fingerprint density at radius 3 is 2.42 bits per heavy atom. The Bertz CT molecular complexity index is 843. The largest absolute Gasteiger partial charge is 0.417 e. The highest BCUT2D eigenvalue weighted by atomic mass is 16.6. The number of nitrogens with zero attached hydrogens (tertiary/aromatic N) is 3. The third-order valence-corrected chi connectivity index (χ3v) is 3.12. The molecule has 8 heteroatoms. The van der Waals surface area contributed by atoms with Crippen molar-refractivity contribution in [3.63, 3.8) is 0 Å². The highest BCUT2D eigenvalue weighted by Gasteiger charge is 2.09. The van der Waals surface area contributed by atoms with Gasteiger partial charge in [-0.15, -0.1) is 0 Å². The molecule has 0 aliphatic rings. The molecule has 120 valence electrons. The van der Waals surface area contributed by atoms with Crippen molar-refractivity contribution in [2.75, 3.05) is 5.32 Å². The third-order valence-electron chi connectivity index (χ3n) is 3.12. The van der Waals surface area contributed by atoms with Crippen LogP contribution in [0.3, 0.4) is 0 Å². The summed E-state index contributed by atoms with van der Waals surface area (Å²) in [5, 5.41) is 13.1. The number of hydrogen-bond donors (Lipinski definition) is 1. The van der Waals surface area contributed by atoms with Crippen LogP contribution in [-0.4, -0.2) is 20.6 Å². The number of ether oxygens (including phenoxy) is 1. The Morgan fingerprint density at radius 1 is 1.12 bits per heavy atom. The number of nitro groups is 1. The minimum atomic E-state index is -0.709. The molecule has 0 radical (unpaired) electrons. The van der Waals surface area contributed by atoms with Crippen LogP contribution in [0, 0.1) is 10.1 Å². The molecule has 3 rings (SSSR count). The molecule has 1 N–H and O–H groups in total. The van der Waals surface area contributed by atoms with Crippen LogP contribution >= 0.6 is 0 Å². The van der Waals surface area contributed by atoms with Gasteiger partial charge in [0.05, 0.1) is 16.8 Å². The van der Waals surface area contributed by atoms with Crippen molar-refractivity contribution in [1.82, 2.24) is 9.55 Å². The SMILES string of the molecule is O=C(Nc1ccc(-n2cccc2)nc1)Oc1ccc([N+](=O)[O-])cc1.